The van der Waals surface area contributed by atoms with Crippen LogP contribution in [0.2, 0.25) is 0 Å². The summed E-state index contributed by atoms with van der Waals surface area (Å²) in [4.78, 5) is 0.177. The molecule has 2 N–H and O–H groups in total. The molecular formula is C10H12N2S. The molecule has 1 saturated heterocycles. The summed E-state index contributed by atoms with van der Waals surface area (Å²) in [7, 11) is 0. The van der Waals surface area contributed by atoms with Gasteiger partial charge < -0.3 is 5.32 Å². The first-order valence-corrected chi connectivity index (χ1v) is 5.62. The van der Waals surface area contributed by atoms with Crippen LogP contribution in [-0.4, -0.2) is 18.8 Å². The van der Waals surface area contributed by atoms with Gasteiger partial charge in [-0.15, -0.1) is 11.8 Å². The van der Waals surface area contributed by atoms with E-state index in [1.807, 2.05) is 11.8 Å². The zero-order valence-electron chi connectivity index (χ0n) is 7.34. The molecule has 1 aromatic carbocycles. The van der Waals surface area contributed by atoms with Crippen LogP contribution in [-0.2, 0) is 4.87 Å². The Morgan fingerprint density at radius 3 is 3.08 bits per heavy atom. The van der Waals surface area contributed by atoms with Crippen LogP contribution < -0.4 is 10.6 Å². The molecule has 0 saturated carbocycles. The van der Waals surface area contributed by atoms with Gasteiger partial charge in [-0.25, -0.2) is 0 Å². The largest absolute Gasteiger partial charge is 0.382 e. The van der Waals surface area contributed by atoms with E-state index in [1.165, 1.54) is 17.0 Å². The summed E-state index contributed by atoms with van der Waals surface area (Å²) < 4.78 is 0. The van der Waals surface area contributed by atoms with Gasteiger partial charge in [-0.2, -0.15) is 0 Å². The molecule has 1 aromatic rings. The number of anilines is 1. The number of thioether (sulfide) groups is 1. The van der Waals surface area contributed by atoms with Crippen molar-refractivity contribution >= 4 is 17.4 Å². The van der Waals surface area contributed by atoms with E-state index in [0.29, 0.717) is 0 Å². The molecule has 0 bridgehead atoms. The fraction of sp³-hybridized carbons (Fsp3) is 0.400. The SMILES string of the molecule is c1ccc2c(c1)NCC21NCCS1. The van der Waals surface area contributed by atoms with Crippen molar-refractivity contribution in [2.24, 2.45) is 0 Å². The van der Waals surface area contributed by atoms with Crippen molar-refractivity contribution in [3.8, 4) is 0 Å². The first-order chi connectivity index (χ1) is 6.41. The van der Waals surface area contributed by atoms with Gasteiger partial charge in [0.05, 0.1) is 0 Å². The molecule has 1 atom stereocenters. The lowest BCUT2D eigenvalue weighted by atomic mass is 10.1. The average molecular weight is 192 g/mol. The van der Waals surface area contributed by atoms with Gasteiger partial charge in [-0.05, 0) is 6.07 Å². The molecule has 3 rings (SSSR count). The van der Waals surface area contributed by atoms with E-state index >= 15 is 0 Å². The molecule has 2 aliphatic rings. The van der Waals surface area contributed by atoms with Gasteiger partial charge in [0, 0.05) is 30.1 Å². The molecule has 2 nitrogen and oxygen atoms in total. The van der Waals surface area contributed by atoms with Crippen molar-refractivity contribution in [3.63, 3.8) is 0 Å². The number of hydrogen-bond acceptors (Lipinski definition) is 3. The second kappa shape index (κ2) is 2.66. The number of hydrogen-bond donors (Lipinski definition) is 2. The normalized spacial score (nSPS) is 30.5. The molecule has 68 valence electrons. The lowest BCUT2D eigenvalue weighted by Crippen LogP contribution is -2.36. The number of fused-ring (bicyclic) bond motifs is 2. The van der Waals surface area contributed by atoms with Gasteiger partial charge in [-0.1, -0.05) is 18.2 Å². The fourth-order valence-corrected chi connectivity index (χ4v) is 3.38. The molecule has 13 heavy (non-hydrogen) atoms. The highest BCUT2D eigenvalue weighted by atomic mass is 32.2. The molecular weight excluding hydrogens is 180 g/mol. The number of nitrogens with one attached hydrogen (secondary N) is 2. The monoisotopic (exact) mass is 192 g/mol. The lowest BCUT2D eigenvalue weighted by Gasteiger charge is -2.22. The Morgan fingerprint density at radius 1 is 1.31 bits per heavy atom. The van der Waals surface area contributed by atoms with Crippen molar-refractivity contribution in [2.75, 3.05) is 24.2 Å². The van der Waals surface area contributed by atoms with Gasteiger partial charge >= 0.3 is 0 Å². The third-order valence-corrected chi connectivity index (χ3v) is 4.16. The maximum atomic E-state index is 3.59. The van der Waals surface area contributed by atoms with Crippen molar-refractivity contribution < 1.29 is 0 Å². The van der Waals surface area contributed by atoms with Crippen LogP contribution in [0.25, 0.3) is 0 Å². The molecule has 3 heteroatoms. The van der Waals surface area contributed by atoms with Crippen LogP contribution in [0.3, 0.4) is 0 Å². The van der Waals surface area contributed by atoms with Crippen LogP contribution in [0.15, 0.2) is 24.3 Å². The van der Waals surface area contributed by atoms with Crippen LogP contribution in [0, 0.1) is 0 Å². The van der Waals surface area contributed by atoms with Crippen LogP contribution in [0.4, 0.5) is 5.69 Å². The van der Waals surface area contributed by atoms with Gasteiger partial charge in [0.1, 0.15) is 4.87 Å². The Balaban J connectivity index is 2.11. The molecule has 1 spiro atoms. The summed E-state index contributed by atoms with van der Waals surface area (Å²) in [5.74, 6) is 1.22. The average Bonchev–Trinajstić information content (AvgIpc) is 2.78. The van der Waals surface area contributed by atoms with E-state index in [0.717, 1.165) is 13.1 Å². The topological polar surface area (TPSA) is 24.1 Å². The van der Waals surface area contributed by atoms with Crippen LogP contribution in [0.5, 0.6) is 0 Å². The van der Waals surface area contributed by atoms with Gasteiger partial charge in [0.2, 0.25) is 0 Å². The summed E-state index contributed by atoms with van der Waals surface area (Å²) in [5.41, 5.74) is 2.72. The highest BCUT2D eigenvalue weighted by molar-refractivity contribution is 8.00. The molecule has 2 aliphatic heterocycles. The van der Waals surface area contributed by atoms with E-state index in [1.54, 1.807) is 0 Å². The Bertz CT molecular complexity index is 331. The fourth-order valence-electron chi connectivity index (χ4n) is 2.12. The third kappa shape index (κ3) is 1.00. The van der Waals surface area contributed by atoms with Crippen LogP contribution >= 0.6 is 11.8 Å². The highest BCUT2D eigenvalue weighted by Gasteiger charge is 2.41. The molecule has 0 radical (unpaired) electrons. The predicted molar refractivity (Wildman–Crippen MR) is 57.1 cm³/mol. The molecule has 1 fully saturated rings. The summed E-state index contributed by atoms with van der Waals surface area (Å²) >= 11 is 2.02. The van der Waals surface area contributed by atoms with Crippen molar-refractivity contribution in [1.29, 1.82) is 0 Å². The number of para-hydroxylation sites is 1. The van der Waals surface area contributed by atoms with Gasteiger partial charge in [-0.3, -0.25) is 5.32 Å². The Hall–Kier alpha value is -0.670. The lowest BCUT2D eigenvalue weighted by molar-refractivity contribution is 0.572. The zero-order valence-corrected chi connectivity index (χ0v) is 8.16. The Kier molecular flexibility index (Phi) is 1.58. The summed E-state index contributed by atoms with van der Waals surface area (Å²) in [5, 5.41) is 7.04. The third-order valence-electron chi connectivity index (χ3n) is 2.75. The van der Waals surface area contributed by atoms with E-state index in [2.05, 4.69) is 34.9 Å². The molecule has 1 unspecified atom stereocenters. The summed E-state index contributed by atoms with van der Waals surface area (Å²) in [6.45, 7) is 2.15. The second-order valence-corrected chi connectivity index (χ2v) is 4.90. The molecule has 0 aliphatic carbocycles. The van der Waals surface area contributed by atoms with Gasteiger partial charge in [0.15, 0.2) is 0 Å². The smallest absolute Gasteiger partial charge is 0.110 e. The van der Waals surface area contributed by atoms with Crippen LogP contribution in [0.1, 0.15) is 5.56 Å². The molecule has 0 amide bonds. The van der Waals surface area contributed by atoms with Crippen molar-refractivity contribution in [2.45, 2.75) is 4.87 Å². The van der Waals surface area contributed by atoms with Gasteiger partial charge in [0.25, 0.3) is 0 Å². The summed E-state index contributed by atoms with van der Waals surface area (Å²) in [6.07, 6.45) is 0. The minimum absolute atomic E-state index is 0.177. The van der Waals surface area contributed by atoms with E-state index < -0.39 is 0 Å². The maximum absolute atomic E-state index is 3.59. The van der Waals surface area contributed by atoms with E-state index in [9.17, 15) is 0 Å². The minimum atomic E-state index is 0.177. The molecule has 0 aromatic heterocycles. The van der Waals surface area contributed by atoms with Crippen molar-refractivity contribution in [1.82, 2.24) is 5.32 Å². The molecule has 2 heterocycles. The zero-order chi connectivity index (χ0) is 8.73. The first-order valence-electron chi connectivity index (χ1n) is 4.63. The van der Waals surface area contributed by atoms with E-state index in [4.69, 9.17) is 0 Å². The highest BCUT2D eigenvalue weighted by Crippen LogP contribution is 2.44. The quantitative estimate of drug-likeness (QED) is 0.653. The number of benzene rings is 1. The van der Waals surface area contributed by atoms with E-state index in [-0.39, 0.29) is 4.87 Å². The minimum Gasteiger partial charge on any atom is -0.382 e. The van der Waals surface area contributed by atoms with Crippen molar-refractivity contribution in [3.05, 3.63) is 29.8 Å². The summed E-state index contributed by atoms with van der Waals surface area (Å²) in [6, 6.07) is 8.59. The Morgan fingerprint density at radius 2 is 2.23 bits per heavy atom. The standard InChI is InChI=1S/C10H12N2S/c1-2-4-9-8(3-1)10(7-11-9)12-5-6-13-10/h1-4,11-12H,5-7H2. The number of rotatable bonds is 0. The maximum Gasteiger partial charge on any atom is 0.110 e. The predicted octanol–water partition coefficient (Wildman–Crippen LogP) is 1.60. The first kappa shape index (κ1) is 7.71. The second-order valence-electron chi connectivity index (χ2n) is 3.50. The Labute approximate surface area is 82.1 Å².